The minimum atomic E-state index is -0.430. The van der Waals surface area contributed by atoms with Gasteiger partial charge in [0.1, 0.15) is 0 Å². The molecule has 8 heteroatoms. The zero-order chi connectivity index (χ0) is 11.3. The summed E-state index contributed by atoms with van der Waals surface area (Å²) in [6, 6.07) is 0. The SMILES string of the molecule is COC(=O)CCC(=O)Nc1nc(=S)[nH][nH]1. The fourth-order valence-corrected chi connectivity index (χ4v) is 0.984. The first kappa shape index (κ1) is 11.4. The quantitative estimate of drug-likeness (QED) is 0.512. The molecule has 1 heterocycles. The van der Waals surface area contributed by atoms with Gasteiger partial charge in [-0.3, -0.25) is 25.1 Å². The third kappa shape index (κ3) is 3.90. The Bertz CT molecular complexity index is 410. The van der Waals surface area contributed by atoms with Gasteiger partial charge in [-0.25, -0.2) is 0 Å². The molecule has 0 aliphatic heterocycles. The summed E-state index contributed by atoms with van der Waals surface area (Å²) in [4.78, 5) is 25.7. The van der Waals surface area contributed by atoms with Crippen LogP contribution in [0.4, 0.5) is 5.95 Å². The summed E-state index contributed by atoms with van der Waals surface area (Å²) in [6.45, 7) is 0. The van der Waals surface area contributed by atoms with E-state index in [1.165, 1.54) is 7.11 Å². The molecule has 0 unspecified atom stereocenters. The van der Waals surface area contributed by atoms with Gasteiger partial charge in [0.15, 0.2) is 0 Å². The van der Waals surface area contributed by atoms with E-state index in [9.17, 15) is 9.59 Å². The minimum absolute atomic E-state index is 0.0352. The van der Waals surface area contributed by atoms with Gasteiger partial charge in [0, 0.05) is 6.42 Å². The summed E-state index contributed by atoms with van der Waals surface area (Å²) in [7, 11) is 1.27. The largest absolute Gasteiger partial charge is 0.469 e. The Kier molecular flexibility index (Phi) is 3.98. The Balaban J connectivity index is 2.36. The number of H-pyrrole nitrogens is 2. The van der Waals surface area contributed by atoms with E-state index in [0.29, 0.717) is 0 Å². The molecule has 0 radical (unpaired) electrons. The molecule has 1 aromatic rings. The monoisotopic (exact) mass is 230 g/mol. The first-order chi connectivity index (χ1) is 7.11. The van der Waals surface area contributed by atoms with Crippen molar-refractivity contribution in [3.63, 3.8) is 0 Å². The fraction of sp³-hybridized carbons (Fsp3) is 0.429. The molecule has 15 heavy (non-hydrogen) atoms. The molecule has 0 aliphatic rings. The van der Waals surface area contributed by atoms with Gasteiger partial charge in [-0.05, 0) is 12.2 Å². The van der Waals surface area contributed by atoms with Crippen molar-refractivity contribution < 1.29 is 14.3 Å². The van der Waals surface area contributed by atoms with Gasteiger partial charge in [0.05, 0.1) is 13.5 Å². The van der Waals surface area contributed by atoms with Gasteiger partial charge < -0.3 is 4.74 Å². The number of amides is 1. The number of anilines is 1. The Hall–Kier alpha value is -1.70. The van der Waals surface area contributed by atoms with Crippen molar-refractivity contribution in [2.24, 2.45) is 0 Å². The average molecular weight is 230 g/mol. The highest BCUT2D eigenvalue weighted by Gasteiger charge is 2.07. The normalized spacial score (nSPS) is 9.67. The van der Waals surface area contributed by atoms with Crippen molar-refractivity contribution >= 4 is 30.0 Å². The predicted octanol–water partition coefficient (Wildman–Crippen LogP) is 0.359. The number of methoxy groups -OCH3 is 1. The first-order valence-corrected chi connectivity index (χ1v) is 4.54. The second-order valence-electron chi connectivity index (χ2n) is 2.64. The lowest BCUT2D eigenvalue weighted by Gasteiger charge is -2.00. The number of hydrogen-bond donors (Lipinski definition) is 3. The number of carbonyl (C=O) groups excluding carboxylic acids is 2. The molecule has 1 amide bonds. The van der Waals surface area contributed by atoms with Crippen molar-refractivity contribution in [1.82, 2.24) is 15.2 Å². The van der Waals surface area contributed by atoms with Crippen LogP contribution < -0.4 is 5.32 Å². The van der Waals surface area contributed by atoms with Crippen LogP contribution in [0.1, 0.15) is 12.8 Å². The lowest BCUT2D eigenvalue weighted by molar-refractivity contribution is -0.141. The predicted molar refractivity (Wildman–Crippen MR) is 53.7 cm³/mol. The molecule has 0 spiro atoms. The zero-order valence-electron chi connectivity index (χ0n) is 7.99. The van der Waals surface area contributed by atoms with E-state index in [1.54, 1.807) is 0 Å². The topological polar surface area (TPSA) is 99.9 Å². The summed E-state index contributed by atoms with van der Waals surface area (Å²) in [5, 5.41) is 7.50. The Morgan fingerprint density at radius 3 is 2.73 bits per heavy atom. The van der Waals surface area contributed by atoms with Gasteiger partial charge in [0.25, 0.3) is 0 Å². The highest BCUT2D eigenvalue weighted by molar-refractivity contribution is 7.71. The second kappa shape index (κ2) is 5.25. The van der Waals surface area contributed by atoms with Crippen LogP contribution in [-0.2, 0) is 14.3 Å². The first-order valence-electron chi connectivity index (χ1n) is 4.13. The molecular weight excluding hydrogens is 220 g/mol. The molecule has 3 N–H and O–H groups in total. The maximum atomic E-state index is 11.2. The van der Waals surface area contributed by atoms with Crippen LogP contribution in [0.3, 0.4) is 0 Å². The van der Waals surface area contributed by atoms with Crippen LogP contribution in [0, 0.1) is 4.77 Å². The number of aromatic nitrogens is 3. The molecule has 0 atom stereocenters. The molecule has 0 aliphatic carbocycles. The summed E-state index contributed by atoms with van der Waals surface area (Å²) in [6.07, 6.45) is 0.0770. The molecule has 0 bridgehead atoms. The van der Waals surface area contributed by atoms with Crippen LogP contribution in [-0.4, -0.2) is 34.2 Å². The van der Waals surface area contributed by atoms with Crippen molar-refractivity contribution in [3.8, 4) is 0 Å². The van der Waals surface area contributed by atoms with E-state index < -0.39 is 5.97 Å². The summed E-state index contributed by atoms with van der Waals surface area (Å²) in [5.74, 6) is -0.534. The molecule has 0 aromatic carbocycles. The van der Waals surface area contributed by atoms with Crippen LogP contribution in [0.15, 0.2) is 0 Å². The van der Waals surface area contributed by atoms with Crippen LogP contribution >= 0.6 is 12.2 Å². The Labute approximate surface area is 90.2 Å². The molecule has 1 rings (SSSR count). The van der Waals surface area contributed by atoms with Gasteiger partial charge >= 0.3 is 5.97 Å². The fourth-order valence-electron chi connectivity index (χ4n) is 0.842. The van der Waals surface area contributed by atoms with Gasteiger partial charge in [-0.15, -0.1) is 0 Å². The third-order valence-electron chi connectivity index (χ3n) is 1.54. The Morgan fingerprint density at radius 2 is 2.20 bits per heavy atom. The number of ether oxygens (including phenoxy) is 1. The number of nitrogens with zero attached hydrogens (tertiary/aromatic N) is 1. The smallest absolute Gasteiger partial charge is 0.306 e. The van der Waals surface area contributed by atoms with Crippen LogP contribution in [0.5, 0.6) is 0 Å². The third-order valence-corrected chi connectivity index (χ3v) is 1.74. The van der Waals surface area contributed by atoms with E-state index in [-0.39, 0.29) is 29.5 Å². The van der Waals surface area contributed by atoms with Gasteiger partial charge in [-0.2, -0.15) is 4.98 Å². The van der Waals surface area contributed by atoms with Crippen molar-refractivity contribution in [3.05, 3.63) is 4.77 Å². The molecule has 0 fully saturated rings. The lowest BCUT2D eigenvalue weighted by atomic mass is 10.3. The van der Waals surface area contributed by atoms with Crippen molar-refractivity contribution in [1.29, 1.82) is 0 Å². The number of rotatable bonds is 4. The summed E-state index contributed by atoms with van der Waals surface area (Å²) >= 11 is 4.69. The van der Waals surface area contributed by atoms with Crippen LogP contribution in [0.25, 0.3) is 0 Å². The van der Waals surface area contributed by atoms with E-state index in [2.05, 4.69) is 37.5 Å². The minimum Gasteiger partial charge on any atom is -0.469 e. The number of aromatic amines is 2. The zero-order valence-corrected chi connectivity index (χ0v) is 8.81. The highest BCUT2D eigenvalue weighted by atomic mass is 32.1. The summed E-state index contributed by atoms with van der Waals surface area (Å²) in [5.41, 5.74) is 0. The highest BCUT2D eigenvalue weighted by Crippen LogP contribution is 1.98. The molecule has 0 saturated heterocycles. The number of hydrogen-bond acceptors (Lipinski definition) is 5. The van der Waals surface area contributed by atoms with Gasteiger partial charge in [0.2, 0.25) is 16.6 Å². The van der Waals surface area contributed by atoms with Crippen LogP contribution in [0.2, 0.25) is 0 Å². The van der Waals surface area contributed by atoms with E-state index in [4.69, 9.17) is 0 Å². The molecule has 7 nitrogen and oxygen atoms in total. The molecule has 0 saturated carbocycles. The maximum Gasteiger partial charge on any atom is 0.306 e. The maximum absolute atomic E-state index is 11.2. The number of esters is 1. The lowest BCUT2D eigenvalue weighted by Crippen LogP contribution is -2.14. The van der Waals surface area contributed by atoms with Crippen molar-refractivity contribution in [2.45, 2.75) is 12.8 Å². The van der Waals surface area contributed by atoms with E-state index in [0.717, 1.165) is 0 Å². The average Bonchev–Trinajstić information content (AvgIpc) is 2.60. The second-order valence-corrected chi connectivity index (χ2v) is 3.03. The van der Waals surface area contributed by atoms with E-state index in [1.807, 2.05) is 0 Å². The molecular formula is C7H10N4O3S. The Morgan fingerprint density at radius 1 is 1.47 bits per heavy atom. The van der Waals surface area contributed by atoms with E-state index >= 15 is 0 Å². The summed E-state index contributed by atoms with van der Waals surface area (Å²) < 4.78 is 4.64. The number of nitrogens with one attached hydrogen (secondary N) is 3. The number of carbonyl (C=O) groups is 2. The standard InChI is InChI=1S/C7H10N4O3S/c1-14-5(13)3-2-4(12)8-6-9-7(15)11-10-6/h2-3H2,1H3,(H3,8,9,10,11,12,15). The molecule has 1 aromatic heterocycles. The molecule has 82 valence electrons. The van der Waals surface area contributed by atoms with Gasteiger partial charge in [-0.1, -0.05) is 0 Å². The van der Waals surface area contributed by atoms with Crippen molar-refractivity contribution in [2.75, 3.05) is 12.4 Å².